The van der Waals surface area contributed by atoms with Crippen molar-refractivity contribution < 1.29 is 14.3 Å². The maximum absolute atomic E-state index is 12.7. The van der Waals surface area contributed by atoms with E-state index in [1.807, 2.05) is 18.2 Å². The van der Waals surface area contributed by atoms with E-state index < -0.39 is 11.4 Å². The lowest BCUT2D eigenvalue weighted by Gasteiger charge is -2.13. The molecule has 3 aromatic rings. The number of hydrogen-bond acceptors (Lipinski definition) is 5. The number of nitrogens with zero attached hydrogens (tertiary/aromatic N) is 2. The van der Waals surface area contributed by atoms with Gasteiger partial charge in [0.1, 0.15) is 17.8 Å². The minimum Gasteiger partial charge on any atom is -0.462 e. The Morgan fingerprint density at radius 2 is 1.90 bits per heavy atom. The third-order valence-electron chi connectivity index (χ3n) is 4.68. The van der Waals surface area contributed by atoms with E-state index in [2.05, 4.69) is 22.4 Å². The summed E-state index contributed by atoms with van der Waals surface area (Å²) in [6.07, 6.45) is 3.04. The predicted molar refractivity (Wildman–Crippen MR) is 114 cm³/mol. The molecule has 2 heterocycles. The van der Waals surface area contributed by atoms with Gasteiger partial charge in [-0.1, -0.05) is 30.3 Å². The number of ether oxygens (including phenoxy) is 1. The Labute approximate surface area is 174 Å². The Bertz CT molecular complexity index is 1110. The molecular formula is C23H25N3O4. The summed E-state index contributed by atoms with van der Waals surface area (Å²) in [7, 11) is 0. The summed E-state index contributed by atoms with van der Waals surface area (Å²) in [5.74, 6) is -0.923. The first kappa shape index (κ1) is 21.2. The van der Waals surface area contributed by atoms with Gasteiger partial charge in [-0.05, 0) is 44.4 Å². The fraction of sp³-hybridized carbons (Fsp3) is 0.304. The SMILES string of the molecule is CCOC(=O)c1cn(CC(=O)NCCCc2ccccc2)c2nc(C)ccc2c1=O. The van der Waals surface area contributed by atoms with Crippen LogP contribution in [-0.4, -0.2) is 34.6 Å². The predicted octanol–water partition coefficient (Wildman–Crippen LogP) is 2.63. The van der Waals surface area contributed by atoms with Gasteiger partial charge in [-0.15, -0.1) is 0 Å². The zero-order chi connectivity index (χ0) is 21.5. The molecule has 3 rings (SSSR count). The van der Waals surface area contributed by atoms with Crippen molar-refractivity contribution in [3.8, 4) is 0 Å². The summed E-state index contributed by atoms with van der Waals surface area (Å²) in [4.78, 5) is 41.8. The highest BCUT2D eigenvalue weighted by Crippen LogP contribution is 2.12. The number of aromatic nitrogens is 2. The van der Waals surface area contributed by atoms with E-state index in [4.69, 9.17) is 4.74 Å². The Morgan fingerprint density at radius 3 is 2.63 bits per heavy atom. The summed E-state index contributed by atoms with van der Waals surface area (Å²) in [6, 6.07) is 13.4. The molecule has 7 nitrogen and oxygen atoms in total. The van der Waals surface area contributed by atoms with Gasteiger partial charge in [0.25, 0.3) is 0 Å². The topological polar surface area (TPSA) is 90.3 Å². The van der Waals surface area contributed by atoms with Crippen LogP contribution in [0, 0.1) is 6.92 Å². The maximum Gasteiger partial charge on any atom is 0.343 e. The molecule has 156 valence electrons. The number of benzene rings is 1. The van der Waals surface area contributed by atoms with E-state index in [1.165, 1.54) is 16.3 Å². The van der Waals surface area contributed by atoms with Gasteiger partial charge in [0, 0.05) is 18.4 Å². The van der Waals surface area contributed by atoms with Crippen molar-refractivity contribution in [3.05, 3.63) is 75.7 Å². The molecule has 1 amide bonds. The first-order valence-corrected chi connectivity index (χ1v) is 9.98. The molecule has 0 radical (unpaired) electrons. The average molecular weight is 407 g/mol. The van der Waals surface area contributed by atoms with Crippen molar-refractivity contribution in [2.45, 2.75) is 33.2 Å². The molecule has 1 N–H and O–H groups in total. The van der Waals surface area contributed by atoms with Crippen LogP contribution in [0.1, 0.15) is 35.0 Å². The van der Waals surface area contributed by atoms with E-state index in [0.29, 0.717) is 17.9 Å². The fourth-order valence-electron chi connectivity index (χ4n) is 3.21. The van der Waals surface area contributed by atoms with Crippen LogP contribution in [0.25, 0.3) is 11.0 Å². The number of aryl methyl sites for hydroxylation is 2. The highest BCUT2D eigenvalue weighted by Gasteiger charge is 2.18. The summed E-state index contributed by atoms with van der Waals surface area (Å²) in [6.45, 7) is 4.11. The van der Waals surface area contributed by atoms with Crippen molar-refractivity contribution >= 4 is 22.9 Å². The number of esters is 1. The molecule has 0 fully saturated rings. The first-order chi connectivity index (χ1) is 14.5. The highest BCUT2D eigenvalue weighted by molar-refractivity contribution is 5.93. The normalized spacial score (nSPS) is 10.7. The molecule has 0 bridgehead atoms. The monoisotopic (exact) mass is 407 g/mol. The van der Waals surface area contributed by atoms with Crippen molar-refractivity contribution in [2.24, 2.45) is 0 Å². The van der Waals surface area contributed by atoms with Crippen LogP contribution >= 0.6 is 0 Å². The van der Waals surface area contributed by atoms with Crippen LogP contribution in [0.5, 0.6) is 0 Å². The molecule has 0 saturated heterocycles. The lowest BCUT2D eigenvalue weighted by atomic mass is 10.1. The van der Waals surface area contributed by atoms with E-state index in [-0.39, 0.29) is 30.0 Å². The van der Waals surface area contributed by atoms with E-state index >= 15 is 0 Å². The molecular weight excluding hydrogens is 382 g/mol. The molecule has 0 aliphatic carbocycles. The second-order valence-corrected chi connectivity index (χ2v) is 6.98. The number of carbonyl (C=O) groups is 2. The van der Waals surface area contributed by atoms with Gasteiger partial charge < -0.3 is 14.6 Å². The van der Waals surface area contributed by atoms with Crippen molar-refractivity contribution in [1.82, 2.24) is 14.9 Å². The average Bonchev–Trinajstić information content (AvgIpc) is 2.74. The lowest BCUT2D eigenvalue weighted by molar-refractivity contribution is -0.121. The molecule has 30 heavy (non-hydrogen) atoms. The number of rotatable bonds is 8. The smallest absolute Gasteiger partial charge is 0.343 e. The van der Waals surface area contributed by atoms with Crippen LogP contribution in [0.4, 0.5) is 0 Å². The molecule has 0 unspecified atom stereocenters. The minimum atomic E-state index is -0.706. The second kappa shape index (κ2) is 9.82. The van der Waals surface area contributed by atoms with Crippen LogP contribution in [0.2, 0.25) is 0 Å². The number of fused-ring (bicyclic) bond motifs is 1. The zero-order valence-corrected chi connectivity index (χ0v) is 17.2. The van der Waals surface area contributed by atoms with Gasteiger partial charge >= 0.3 is 5.97 Å². The molecule has 0 aliphatic rings. The molecule has 2 aromatic heterocycles. The van der Waals surface area contributed by atoms with Crippen LogP contribution < -0.4 is 10.7 Å². The Hall–Kier alpha value is -3.48. The standard InChI is InChI=1S/C23H25N3O4/c1-3-30-23(29)19-14-26(22-18(21(19)28)12-11-16(2)25-22)15-20(27)24-13-7-10-17-8-5-4-6-9-17/h4-6,8-9,11-12,14H,3,7,10,13,15H2,1-2H3,(H,24,27). The van der Waals surface area contributed by atoms with Gasteiger partial charge in [0.2, 0.25) is 11.3 Å². The van der Waals surface area contributed by atoms with Gasteiger partial charge in [0.05, 0.1) is 12.0 Å². The fourth-order valence-corrected chi connectivity index (χ4v) is 3.21. The minimum absolute atomic E-state index is 0.0506. The van der Waals surface area contributed by atoms with E-state index in [0.717, 1.165) is 12.8 Å². The highest BCUT2D eigenvalue weighted by atomic mass is 16.5. The van der Waals surface area contributed by atoms with Crippen LogP contribution in [-0.2, 0) is 22.5 Å². The third-order valence-corrected chi connectivity index (χ3v) is 4.68. The van der Waals surface area contributed by atoms with Crippen LogP contribution in [0.15, 0.2) is 53.5 Å². The molecule has 0 spiro atoms. The molecule has 7 heteroatoms. The van der Waals surface area contributed by atoms with Crippen LogP contribution in [0.3, 0.4) is 0 Å². The van der Waals surface area contributed by atoms with Crippen molar-refractivity contribution in [2.75, 3.05) is 13.2 Å². The summed E-state index contributed by atoms with van der Waals surface area (Å²) in [5, 5.41) is 3.17. The Balaban J connectivity index is 1.75. The largest absolute Gasteiger partial charge is 0.462 e. The molecule has 1 aromatic carbocycles. The van der Waals surface area contributed by atoms with Crippen molar-refractivity contribution in [3.63, 3.8) is 0 Å². The first-order valence-electron chi connectivity index (χ1n) is 9.98. The van der Waals surface area contributed by atoms with Gasteiger partial charge in [-0.3, -0.25) is 9.59 Å². The number of hydrogen-bond donors (Lipinski definition) is 1. The van der Waals surface area contributed by atoms with E-state index in [9.17, 15) is 14.4 Å². The Morgan fingerprint density at radius 1 is 1.13 bits per heavy atom. The zero-order valence-electron chi connectivity index (χ0n) is 17.2. The number of carbonyl (C=O) groups excluding carboxylic acids is 2. The number of nitrogens with one attached hydrogen (secondary N) is 1. The number of amides is 1. The van der Waals surface area contributed by atoms with E-state index in [1.54, 1.807) is 26.0 Å². The van der Waals surface area contributed by atoms with Gasteiger partial charge in [-0.25, -0.2) is 9.78 Å². The quantitative estimate of drug-likeness (QED) is 0.458. The summed E-state index contributed by atoms with van der Waals surface area (Å²) < 4.78 is 6.52. The van der Waals surface area contributed by atoms with Gasteiger partial charge in [0.15, 0.2) is 0 Å². The molecule has 0 aliphatic heterocycles. The second-order valence-electron chi connectivity index (χ2n) is 6.98. The van der Waals surface area contributed by atoms with Crippen molar-refractivity contribution in [1.29, 1.82) is 0 Å². The third kappa shape index (κ3) is 5.11. The Kier molecular flexibility index (Phi) is 6.95. The van der Waals surface area contributed by atoms with Gasteiger partial charge in [-0.2, -0.15) is 0 Å². The summed E-state index contributed by atoms with van der Waals surface area (Å²) in [5.41, 5.74) is 1.74. The molecule has 0 saturated carbocycles. The lowest BCUT2D eigenvalue weighted by Crippen LogP contribution is -2.30. The summed E-state index contributed by atoms with van der Waals surface area (Å²) >= 11 is 0. The maximum atomic E-state index is 12.7. The number of pyridine rings is 2. The molecule has 0 atom stereocenters.